The van der Waals surface area contributed by atoms with Crippen LogP contribution in [0.5, 0.6) is 0 Å². The Morgan fingerprint density at radius 2 is 1.43 bits per heavy atom. The standard InChI is InChI=1S/C21H14BrN/c22-19-7-6-17-12-18(15-4-2-1-3-5-15)13-20(21(17)14-19)16-8-10-23-11-9-16/h1-14H. The smallest absolute Gasteiger partial charge is 0.0273 e. The third-order valence-electron chi connectivity index (χ3n) is 4.01. The van der Waals surface area contributed by atoms with Crippen molar-refractivity contribution in [3.63, 3.8) is 0 Å². The van der Waals surface area contributed by atoms with Crippen molar-refractivity contribution in [1.82, 2.24) is 4.98 Å². The number of pyridine rings is 1. The molecular weight excluding hydrogens is 346 g/mol. The minimum Gasteiger partial charge on any atom is -0.265 e. The van der Waals surface area contributed by atoms with Crippen LogP contribution in [0.4, 0.5) is 0 Å². The summed E-state index contributed by atoms with van der Waals surface area (Å²) in [4.78, 5) is 4.14. The zero-order chi connectivity index (χ0) is 15.6. The summed E-state index contributed by atoms with van der Waals surface area (Å²) >= 11 is 3.59. The molecule has 0 N–H and O–H groups in total. The molecule has 4 aromatic rings. The zero-order valence-corrected chi connectivity index (χ0v) is 14.0. The van der Waals surface area contributed by atoms with Gasteiger partial charge in [0.05, 0.1) is 0 Å². The van der Waals surface area contributed by atoms with Crippen molar-refractivity contribution in [3.05, 3.63) is 89.7 Å². The van der Waals surface area contributed by atoms with Gasteiger partial charge in [-0.25, -0.2) is 0 Å². The fraction of sp³-hybridized carbons (Fsp3) is 0. The van der Waals surface area contributed by atoms with E-state index < -0.39 is 0 Å². The third-order valence-corrected chi connectivity index (χ3v) is 4.51. The summed E-state index contributed by atoms with van der Waals surface area (Å²) in [7, 11) is 0. The Morgan fingerprint density at radius 3 is 2.22 bits per heavy atom. The van der Waals surface area contributed by atoms with Crippen LogP contribution in [0.3, 0.4) is 0 Å². The summed E-state index contributed by atoms with van der Waals surface area (Å²) in [6, 6.07) is 25.6. The molecule has 1 heterocycles. The Labute approximate surface area is 143 Å². The highest BCUT2D eigenvalue weighted by atomic mass is 79.9. The van der Waals surface area contributed by atoms with E-state index in [1.807, 2.05) is 18.5 Å². The molecule has 0 fully saturated rings. The van der Waals surface area contributed by atoms with Gasteiger partial charge in [-0.2, -0.15) is 0 Å². The van der Waals surface area contributed by atoms with Gasteiger partial charge < -0.3 is 0 Å². The van der Waals surface area contributed by atoms with E-state index >= 15 is 0 Å². The first-order chi connectivity index (χ1) is 11.3. The molecule has 2 heteroatoms. The number of fused-ring (bicyclic) bond motifs is 1. The van der Waals surface area contributed by atoms with Crippen LogP contribution >= 0.6 is 15.9 Å². The second-order valence-electron chi connectivity index (χ2n) is 5.49. The lowest BCUT2D eigenvalue weighted by atomic mass is 9.93. The molecule has 0 spiro atoms. The first kappa shape index (κ1) is 14.2. The minimum absolute atomic E-state index is 1.09. The Hall–Kier alpha value is -2.45. The Morgan fingerprint density at radius 1 is 0.652 bits per heavy atom. The highest BCUT2D eigenvalue weighted by Gasteiger charge is 2.08. The highest BCUT2D eigenvalue weighted by Crippen LogP contribution is 2.35. The molecule has 0 radical (unpaired) electrons. The van der Waals surface area contributed by atoms with Crippen LogP contribution in [0, 0.1) is 0 Å². The lowest BCUT2D eigenvalue weighted by Gasteiger charge is -2.11. The number of aromatic nitrogens is 1. The number of benzene rings is 3. The Bertz CT molecular complexity index is 963. The van der Waals surface area contributed by atoms with Crippen LogP contribution in [-0.2, 0) is 0 Å². The minimum atomic E-state index is 1.09. The van der Waals surface area contributed by atoms with Crippen LogP contribution in [0.2, 0.25) is 0 Å². The largest absolute Gasteiger partial charge is 0.265 e. The number of hydrogen-bond donors (Lipinski definition) is 0. The third kappa shape index (κ3) is 2.78. The monoisotopic (exact) mass is 359 g/mol. The predicted molar refractivity (Wildman–Crippen MR) is 100 cm³/mol. The molecule has 3 aromatic carbocycles. The van der Waals surface area contributed by atoms with Gasteiger partial charge in [0.15, 0.2) is 0 Å². The van der Waals surface area contributed by atoms with Gasteiger partial charge in [-0.15, -0.1) is 0 Å². The molecule has 1 aromatic heterocycles. The fourth-order valence-corrected chi connectivity index (χ4v) is 3.26. The van der Waals surface area contributed by atoms with E-state index in [2.05, 4.69) is 87.6 Å². The van der Waals surface area contributed by atoms with Crippen LogP contribution in [0.1, 0.15) is 0 Å². The lowest BCUT2D eigenvalue weighted by Crippen LogP contribution is -1.86. The summed E-state index contributed by atoms with van der Waals surface area (Å²) in [5.41, 5.74) is 4.87. The van der Waals surface area contributed by atoms with E-state index in [4.69, 9.17) is 0 Å². The quantitative estimate of drug-likeness (QED) is 0.407. The van der Waals surface area contributed by atoms with Gasteiger partial charge >= 0.3 is 0 Å². The summed E-state index contributed by atoms with van der Waals surface area (Å²) in [6.07, 6.45) is 3.68. The molecular formula is C21H14BrN. The maximum absolute atomic E-state index is 4.14. The molecule has 0 unspecified atom stereocenters. The lowest BCUT2D eigenvalue weighted by molar-refractivity contribution is 1.33. The first-order valence-electron chi connectivity index (χ1n) is 7.50. The summed E-state index contributed by atoms with van der Waals surface area (Å²) in [5.74, 6) is 0. The van der Waals surface area contributed by atoms with E-state index in [1.54, 1.807) is 0 Å². The van der Waals surface area contributed by atoms with Gasteiger partial charge in [-0.1, -0.05) is 52.3 Å². The van der Waals surface area contributed by atoms with Gasteiger partial charge in [0.2, 0.25) is 0 Å². The summed E-state index contributed by atoms with van der Waals surface area (Å²) in [5, 5.41) is 2.48. The van der Waals surface area contributed by atoms with E-state index in [0.717, 1.165) is 4.47 Å². The molecule has 4 rings (SSSR count). The van der Waals surface area contributed by atoms with Gasteiger partial charge in [0.25, 0.3) is 0 Å². The molecule has 0 aliphatic heterocycles. The average Bonchev–Trinajstić information content (AvgIpc) is 2.62. The van der Waals surface area contributed by atoms with Gasteiger partial charge in [0.1, 0.15) is 0 Å². The molecule has 23 heavy (non-hydrogen) atoms. The average molecular weight is 360 g/mol. The summed E-state index contributed by atoms with van der Waals surface area (Å²) in [6.45, 7) is 0. The summed E-state index contributed by atoms with van der Waals surface area (Å²) < 4.78 is 1.09. The zero-order valence-electron chi connectivity index (χ0n) is 12.4. The maximum Gasteiger partial charge on any atom is 0.0273 e. The SMILES string of the molecule is Brc1ccc2cc(-c3ccccc3)cc(-c3ccncc3)c2c1. The van der Waals surface area contributed by atoms with E-state index in [9.17, 15) is 0 Å². The van der Waals surface area contributed by atoms with Gasteiger partial charge in [0, 0.05) is 16.9 Å². The van der Waals surface area contributed by atoms with Crippen LogP contribution in [-0.4, -0.2) is 4.98 Å². The second kappa shape index (κ2) is 5.98. The Balaban J connectivity index is 2.04. The van der Waals surface area contributed by atoms with Crippen molar-refractivity contribution < 1.29 is 0 Å². The molecule has 0 aliphatic rings. The topological polar surface area (TPSA) is 12.9 Å². The number of halogens is 1. The number of rotatable bonds is 2. The second-order valence-corrected chi connectivity index (χ2v) is 6.41. The van der Waals surface area contributed by atoms with E-state index in [-0.39, 0.29) is 0 Å². The molecule has 110 valence electrons. The maximum atomic E-state index is 4.14. The molecule has 0 aliphatic carbocycles. The van der Waals surface area contributed by atoms with Crippen molar-refractivity contribution in [2.45, 2.75) is 0 Å². The molecule has 0 saturated heterocycles. The first-order valence-corrected chi connectivity index (χ1v) is 8.30. The van der Waals surface area contributed by atoms with Crippen molar-refractivity contribution >= 4 is 26.7 Å². The molecule has 1 nitrogen and oxygen atoms in total. The van der Waals surface area contributed by atoms with Crippen molar-refractivity contribution in [2.75, 3.05) is 0 Å². The van der Waals surface area contributed by atoms with E-state index in [0.29, 0.717) is 0 Å². The highest BCUT2D eigenvalue weighted by molar-refractivity contribution is 9.10. The fourth-order valence-electron chi connectivity index (χ4n) is 2.90. The Kier molecular flexibility index (Phi) is 3.68. The van der Waals surface area contributed by atoms with Crippen molar-refractivity contribution in [1.29, 1.82) is 0 Å². The van der Waals surface area contributed by atoms with Crippen LogP contribution < -0.4 is 0 Å². The molecule has 0 atom stereocenters. The van der Waals surface area contributed by atoms with Crippen LogP contribution in [0.15, 0.2) is 89.7 Å². The molecule has 0 bridgehead atoms. The van der Waals surface area contributed by atoms with Gasteiger partial charge in [-0.3, -0.25) is 4.98 Å². The number of nitrogens with zero attached hydrogens (tertiary/aromatic N) is 1. The number of hydrogen-bond acceptors (Lipinski definition) is 1. The van der Waals surface area contributed by atoms with E-state index in [1.165, 1.54) is 33.0 Å². The molecule has 0 saturated carbocycles. The van der Waals surface area contributed by atoms with Crippen molar-refractivity contribution in [3.8, 4) is 22.3 Å². The molecule has 0 amide bonds. The normalized spacial score (nSPS) is 10.8. The predicted octanol–water partition coefficient (Wildman–Crippen LogP) is 6.33. The van der Waals surface area contributed by atoms with Gasteiger partial charge in [-0.05, 0) is 69.4 Å². The van der Waals surface area contributed by atoms with Crippen molar-refractivity contribution in [2.24, 2.45) is 0 Å². The van der Waals surface area contributed by atoms with Crippen LogP contribution in [0.25, 0.3) is 33.0 Å².